The van der Waals surface area contributed by atoms with Crippen molar-refractivity contribution in [3.63, 3.8) is 0 Å². The molecule has 1 aliphatic carbocycles. The third-order valence-corrected chi connectivity index (χ3v) is 4.15. The summed E-state index contributed by atoms with van der Waals surface area (Å²) < 4.78 is 2.29. The molecule has 1 heterocycles. The van der Waals surface area contributed by atoms with Crippen LogP contribution in [0.3, 0.4) is 0 Å². The first-order valence-corrected chi connectivity index (χ1v) is 6.42. The van der Waals surface area contributed by atoms with Crippen LogP contribution in [0.5, 0.6) is 0 Å². The van der Waals surface area contributed by atoms with E-state index in [9.17, 15) is 0 Å². The van der Waals surface area contributed by atoms with Crippen LogP contribution in [0.2, 0.25) is 0 Å². The molecule has 2 aromatic rings. The zero-order valence-electron chi connectivity index (χ0n) is 10.8. The summed E-state index contributed by atoms with van der Waals surface area (Å²) in [5.74, 6) is 0. The van der Waals surface area contributed by atoms with Crippen molar-refractivity contribution >= 4 is 10.9 Å². The molecular weight excluding hydrogens is 222 g/mol. The zero-order valence-corrected chi connectivity index (χ0v) is 10.8. The van der Waals surface area contributed by atoms with Crippen molar-refractivity contribution < 1.29 is 0 Å². The highest BCUT2D eigenvalue weighted by Crippen LogP contribution is 2.31. The van der Waals surface area contributed by atoms with Crippen LogP contribution in [0, 0.1) is 11.3 Å². The predicted molar refractivity (Wildman–Crippen MR) is 72.5 cm³/mol. The molecule has 0 spiro atoms. The highest BCUT2D eigenvalue weighted by molar-refractivity contribution is 5.87. The molecule has 0 aliphatic heterocycles. The molecule has 1 atom stereocenters. The summed E-state index contributed by atoms with van der Waals surface area (Å²) in [6.07, 6.45) is 3.38. The molecule has 0 saturated carbocycles. The Morgan fingerprint density at radius 3 is 3.00 bits per heavy atom. The number of fused-ring (bicyclic) bond motifs is 3. The zero-order chi connectivity index (χ0) is 12.7. The van der Waals surface area contributed by atoms with E-state index in [-0.39, 0.29) is 0 Å². The van der Waals surface area contributed by atoms with Gasteiger partial charge in [0.1, 0.15) is 0 Å². The average Bonchev–Trinajstić information content (AvgIpc) is 2.71. The van der Waals surface area contributed by atoms with Gasteiger partial charge in [-0.15, -0.1) is 0 Å². The van der Waals surface area contributed by atoms with Gasteiger partial charge < -0.3 is 9.88 Å². The van der Waals surface area contributed by atoms with Gasteiger partial charge >= 0.3 is 0 Å². The quantitative estimate of drug-likeness (QED) is 0.828. The molecule has 0 amide bonds. The lowest BCUT2D eigenvalue weighted by Crippen LogP contribution is -2.31. The summed E-state index contributed by atoms with van der Waals surface area (Å²) in [4.78, 5) is 0. The molecule has 1 aromatic heterocycles. The topological polar surface area (TPSA) is 40.8 Å². The minimum atomic E-state index is 0.564. The molecule has 3 heteroatoms. The molecule has 3 nitrogen and oxygen atoms in total. The van der Waals surface area contributed by atoms with Gasteiger partial charge in [0.15, 0.2) is 0 Å². The number of aryl methyl sites for hydroxylation is 1. The Balaban J connectivity index is 2.23. The Hall–Kier alpha value is -1.79. The van der Waals surface area contributed by atoms with Crippen LogP contribution in [0.25, 0.3) is 10.9 Å². The van der Waals surface area contributed by atoms with Gasteiger partial charge in [-0.1, -0.05) is 0 Å². The summed E-state index contributed by atoms with van der Waals surface area (Å²) in [5.41, 5.74) is 4.86. The van der Waals surface area contributed by atoms with Crippen LogP contribution < -0.4 is 5.32 Å². The molecule has 92 valence electrons. The molecule has 1 N–H and O–H groups in total. The van der Waals surface area contributed by atoms with Crippen LogP contribution in [0.15, 0.2) is 18.2 Å². The van der Waals surface area contributed by atoms with Gasteiger partial charge in [-0.25, -0.2) is 0 Å². The van der Waals surface area contributed by atoms with E-state index in [1.807, 2.05) is 19.2 Å². The Morgan fingerprint density at radius 2 is 2.28 bits per heavy atom. The number of hydrogen-bond donors (Lipinski definition) is 1. The Bertz CT molecular complexity index is 646. The van der Waals surface area contributed by atoms with Gasteiger partial charge in [0.2, 0.25) is 0 Å². The van der Waals surface area contributed by atoms with Gasteiger partial charge in [-0.05, 0) is 50.1 Å². The summed E-state index contributed by atoms with van der Waals surface area (Å²) in [5, 5.41) is 13.7. The van der Waals surface area contributed by atoms with Gasteiger partial charge in [0, 0.05) is 29.7 Å². The number of benzene rings is 1. The minimum absolute atomic E-state index is 0.564. The largest absolute Gasteiger partial charge is 0.347 e. The number of rotatable bonds is 1. The number of nitriles is 1. The molecular formula is C15H17N3. The smallest absolute Gasteiger partial charge is 0.0991 e. The normalized spacial score (nSPS) is 18.6. The van der Waals surface area contributed by atoms with E-state index in [0.717, 1.165) is 18.4 Å². The standard InChI is InChI=1S/C15H17N3/c1-17-11-4-6-15-13(8-11)12-7-10(9-16)3-5-14(12)18(15)2/h3,5,7,11,17H,4,6,8H2,1-2H3. The van der Waals surface area contributed by atoms with E-state index in [1.165, 1.54) is 28.6 Å². The Kier molecular flexibility index (Phi) is 2.61. The molecule has 3 rings (SSSR count). The molecule has 0 fully saturated rings. The third-order valence-electron chi connectivity index (χ3n) is 4.15. The number of aromatic nitrogens is 1. The Labute approximate surface area is 107 Å². The number of likely N-dealkylation sites (N-methyl/N-ethyl adjacent to an activating group) is 1. The van der Waals surface area contributed by atoms with Crippen molar-refractivity contribution in [1.82, 2.24) is 9.88 Å². The molecule has 18 heavy (non-hydrogen) atoms. The molecule has 0 radical (unpaired) electrons. The van der Waals surface area contributed by atoms with E-state index < -0.39 is 0 Å². The van der Waals surface area contributed by atoms with E-state index in [4.69, 9.17) is 5.26 Å². The monoisotopic (exact) mass is 239 g/mol. The van der Waals surface area contributed by atoms with Crippen LogP contribution >= 0.6 is 0 Å². The lowest BCUT2D eigenvalue weighted by Gasteiger charge is -2.22. The Morgan fingerprint density at radius 1 is 1.44 bits per heavy atom. The second-order valence-electron chi connectivity index (χ2n) is 5.06. The van der Waals surface area contributed by atoms with Crippen molar-refractivity contribution in [2.75, 3.05) is 7.05 Å². The van der Waals surface area contributed by atoms with Crippen LogP contribution in [-0.4, -0.2) is 17.7 Å². The first kappa shape index (κ1) is 11.3. The van der Waals surface area contributed by atoms with Crippen molar-refractivity contribution in [3.8, 4) is 6.07 Å². The van der Waals surface area contributed by atoms with Crippen molar-refractivity contribution in [2.45, 2.75) is 25.3 Å². The molecule has 1 aromatic carbocycles. The first-order valence-electron chi connectivity index (χ1n) is 6.42. The number of hydrogen-bond acceptors (Lipinski definition) is 2. The lowest BCUT2D eigenvalue weighted by atomic mass is 9.91. The molecule has 1 unspecified atom stereocenters. The fraction of sp³-hybridized carbons (Fsp3) is 0.400. The summed E-state index contributed by atoms with van der Waals surface area (Å²) in [6, 6.07) is 8.81. The summed E-state index contributed by atoms with van der Waals surface area (Å²) in [6.45, 7) is 0. The highest BCUT2D eigenvalue weighted by atomic mass is 15.0. The van der Waals surface area contributed by atoms with E-state index in [0.29, 0.717) is 6.04 Å². The predicted octanol–water partition coefficient (Wildman–Crippen LogP) is 2.13. The van der Waals surface area contributed by atoms with Crippen molar-refractivity contribution in [2.24, 2.45) is 7.05 Å². The van der Waals surface area contributed by atoms with Gasteiger partial charge in [-0.2, -0.15) is 5.26 Å². The highest BCUT2D eigenvalue weighted by Gasteiger charge is 2.23. The van der Waals surface area contributed by atoms with Crippen LogP contribution in [-0.2, 0) is 19.9 Å². The second-order valence-corrected chi connectivity index (χ2v) is 5.06. The molecule has 0 saturated heterocycles. The summed E-state index contributed by atoms with van der Waals surface area (Å²) in [7, 11) is 4.16. The second kappa shape index (κ2) is 4.15. The SMILES string of the molecule is CNC1CCc2c(c3cc(C#N)ccc3n2C)C1. The lowest BCUT2D eigenvalue weighted by molar-refractivity contribution is 0.488. The fourth-order valence-corrected chi connectivity index (χ4v) is 3.10. The van der Waals surface area contributed by atoms with E-state index in [2.05, 4.69) is 29.1 Å². The minimum Gasteiger partial charge on any atom is -0.347 e. The van der Waals surface area contributed by atoms with Crippen molar-refractivity contribution in [3.05, 3.63) is 35.0 Å². The number of nitrogens with one attached hydrogen (secondary N) is 1. The molecule has 0 bridgehead atoms. The van der Waals surface area contributed by atoms with E-state index >= 15 is 0 Å². The average molecular weight is 239 g/mol. The van der Waals surface area contributed by atoms with Gasteiger partial charge in [0.25, 0.3) is 0 Å². The molecule has 1 aliphatic rings. The fourth-order valence-electron chi connectivity index (χ4n) is 3.10. The maximum absolute atomic E-state index is 9.04. The van der Waals surface area contributed by atoms with Crippen molar-refractivity contribution in [1.29, 1.82) is 5.26 Å². The number of nitrogens with zero attached hydrogens (tertiary/aromatic N) is 2. The van der Waals surface area contributed by atoms with Gasteiger partial charge in [0.05, 0.1) is 11.6 Å². The van der Waals surface area contributed by atoms with Crippen LogP contribution in [0.4, 0.5) is 0 Å². The van der Waals surface area contributed by atoms with Crippen LogP contribution in [0.1, 0.15) is 23.2 Å². The van der Waals surface area contributed by atoms with E-state index in [1.54, 1.807) is 0 Å². The third kappa shape index (κ3) is 1.53. The maximum Gasteiger partial charge on any atom is 0.0991 e. The van der Waals surface area contributed by atoms with Gasteiger partial charge in [-0.3, -0.25) is 0 Å². The first-order chi connectivity index (χ1) is 8.74. The summed E-state index contributed by atoms with van der Waals surface area (Å²) >= 11 is 0. The maximum atomic E-state index is 9.04.